The molecule has 0 aliphatic rings. The van der Waals surface area contributed by atoms with Gasteiger partial charge in [0, 0.05) is 11.6 Å². The Labute approximate surface area is 135 Å². The summed E-state index contributed by atoms with van der Waals surface area (Å²) in [6, 6.07) is 6.22. The van der Waals surface area contributed by atoms with Gasteiger partial charge in [0.05, 0.1) is 23.7 Å². The summed E-state index contributed by atoms with van der Waals surface area (Å²) in [5.74, 6) is -2.34. The molecule has 24 heavy (non-hydrogen) atoms. The highest BCUT2D eigenvalue weighted by Gasteiger charge is 2.18. The standard InChI is InChI=1S/C17H12F2N2O3/c1-24-16-11(17(22)23)5-7-14-15(16)13(20-21-14)6-3-9-2-4-10(18)8-12(9)19/h2-8H,1H3,(H,20,21)(H,22,23)/b6-3+. The number of halogens is 2. The summed E-state index contributed by atoms with van der Waals surface area (Å²) in [6.45, 7) is 0. The largest absolute Gasteiger partial charge is 0.495 e. The van der Waals surface area contributed by atoms with Gasteiger partial charge >= 0.3 is 5.97 Å². The second-order valence-corrected chi connectivity index (χ2v) is 4.98. The van der Waals surface area contributed by atoms with Crippen molar-refractivity contribution in [2.24, 2.45) is 0 Å². The maximum atomic E-state index is 13.7. The Morgan fingerprint density at radius 3 is 2.71 bits per heavy atom. The molecule has 0 atom stereocenters. The third-order valence-corrected chi connectivity index (χ3v) is 3.53. The Bertz CT molecular complexity index is 964. The summed E-state index contributed by atoms with van der Waals surface area (Å²) in [5.41, 5.74) is 1.14. The third kappa shape index (κ3) is 2.71. The normalized spacial score (nSPS) is 11.3. The molecule has 0 aliphatic carbocycles. The van der Waals surface area contributed by atoms with Gasteiger partial charge < -0.3 is 9.84 Å². The Balaban J connectivity index is 2.11. The van der Waals surface area contributed by atoms with Crippen molar-refractivity contribution in [3.05, 3.63) is 58.8 Å². The number of benzene rings is 2. The fourth-order valence-electron chi connectivity index (χ4n) is 2.41. The maximum Gasteiger partial charge on any atom is 0.339 e. The van der Waals surface area contributed by atoms with Gasteiger partial charge in [-0.2, -0.15) is 5.10 Å². The van der Waals surface area contributed by atoms with Crippen molar-refractivity contribution in [2.75, 3.05) is 7.11 Å². The quantitative estimate of drug-likeness (QED) is 0.764. The molecule has 122 valence electrons. The van der Waals surface area contributed by atoms with Crippen LogP contribution < -0.4 is 4.74 Å². The fourth-order valence-corrected chi connectivity index (χ4v) is 2.41. The average Bonchev–Trinajstić information content (AvgIpc) is 2.96. The number of nitrogens with one attached hydrogen (secondary N) is 1. The molecule has 0 fully saturated rings. The van der Waals surface area contributed by atoms with E-state index in [2.05, 4.69) is 10.2 Å². The molecular formula is C17H12F2N2O3. The molecule has 2 aromatic carbocycles. The molecule has 3 aromatic rings. The Hall–Kier alpha value is -3.22. The van der Waals surface area contributed by atoms with Crippen LogP contribution in [0.5, 0.6) is 5.75 Å². The third-order valence-electron chi connectivity index (χ3n) is 3.53. The molecule has 0 unspecified atom stereocenters. The van der Waals surface area contributed by atoms with Crippen molar-refractivity contribution in [1.29, 1.82) is 0 Å². The van der Waals surface area contributed by atoms with Crippen LogP contribution in [0.15, 0.2) is 30.3 Å². The summed E-state index contributed by atoms with van der Waals surface area (Å²) < 4.78 is 31.8. The SMILES string of the molecule is COc1c(C(=O)O)ccc2[nH]nc(/C=C/c3ccc(F)cc3F)c12. The van der Waals surface area contributed by atoms with Crippen LogP contribution in [0.25, 0.3) is 23.1 Å². The fraction of sp³-hybridized carbons (Fsp3) is 0.0588. The van der Waals surface area contributed by atoms with E-state index in [1.54, 1.807) is 6.07 Å². The molecule has 0 saturated carbocycles. The predicted octanol–water partition coefficient (Wildman–Crippen LogP) is 3.72. The highest BCUT2D eigenvalue weighted by Crippen LogP contribution is 2.32. The lowest BCUT2D eigenvalue weighted by Gasteiger charge is -2.06. The minimum absolute atomic E-state index is 0.00554. The molecule has 0 aliphatic heterocycles. The number of nitrogens with zero attached hydrogens (tertiary/aromatic N) is 1. The van der Waals surface area contributed by atoms with E-state index in [0.29, 0.717) is 16.6 Å². The summed E-state index contributed by atoms with van der Waals surface area (Å²) >= 11 is 0. The number of carboxylic acids is 1. The van der Waals surface area contributed by atoms with Crippen LogP contribution in [0.3, 0.4) is 0 Å². The number of carboxylic acid groups (broad SMARTS) is 1. The number of H-pyrrole nitrogens is 1. The summed E-state index contributed by atoms with van der Waals surface area (Å²) in [6.07, 6.45) is 2.93. The first kappa shape index (κ1) is 15.7. The Kier molecular flexibility index (Phi) is 3.99. The van der Waals surface area contributed by atoms with Crippen LogP contribution in [-0.2, 0) is 0 Å². The average molecular weight is 330 g/mol. The smallest absolute Gasteiger partial charge is 0.339 e. The second kappa shape index (κ2) is 6.11. The van der Waals surface area contributed by atoms with E-state index in [4.69, 9.17) is 4.74 Å². The minimum Gasteiger partial charge on any atom is -0.495 e. The van der Waals surface area contributed by atoms with Crippen LogP contribution in [0.1, 0.15) is 21.6 Å². The number of hydrogen-bond acceptors (Lipinski definition) is 3. The number of aromatic nitrogens is 2. The van der Waals surface area contributed by atoms with Crippen molar-refractivity contribution in [1.82, 2.24) is 10.2 Å². The molecular weight excluding hydrogens is 318 g/mol. The molecule has 2 N–H and O–H groups in total. The zero-order valence-electron chi connectivity index (χ0n) is 12.5. The maximum absolute atomic E-state index is 13.7. The van der Waals surface area contributed by atoms with Gasteiger partial charge in [0.25, 0.3) is 0 Å². The van der Waals surface area contributed by atoms with Crippen LogP contribution in [0.2, 0.25) is 0 Å². The van der Waals surface area contributed by atoms with Gasteiger partial charge in [0.1, 0.15) is 22.9 Å². The molecule has 0 spiro atoms. The van der Waals surface area contributed by atoms with Gasteiger partial charge in [-0.25, -0.2) is 13.6 Å². The van der Waals surface area contributed by atoms with E-state index >= 15 is 0 Å². The molecule has 0 bridgehead atoms. The zero-order valence-corrected chi connectivity index (χ0v) is 12.5. The van der Waals surface area contributed by atoms with Crippen LogP contribution in [0.4, 0.5) is 8.78 Å². The first-order valence-electron chi connectivity index (χ1n) is 6.92. The van der Waals surface area contributed by atoms with E-state index in [0.717, 1.165) is 12.1 Å². The molecule has 5 nitrogen and oxygen atoms in total. The van der Waals surface area contributed by atoms with Gasteiger partial charge in [-0.3, -0.25) is 5.10 Å². The number of aromatic carboxylic acids is 1. The van der Waals surface area contributed by atoms with Crippen molar-refractivity contribution in [3.63, 3.8) is 0 Å². The van der Waals surface area contributed by atoms with Crippen molar-refractivity contribution < 1.29 is 23.4 Å². The summed E-state index contributed by atoms with van der Waals surface area (Å²) in [7, 11) is 1.36. The topological polar surface area (TPSA) is 75.2 Å². The lowest BCUT2D eigenvalue weighted by Crippen LogP contribution is -2.00. The number of carbonyl (C=O) groups is 1. The first-order chi connectivity index (χ1) is 11.5. The second-order valence-electron chi connectivity index (χ2n) is 4.98. The highest BCUT2D eigenvalue weighted by atomic mass is 19.1. The van der Waals surface area contributed by atoms with Gasteiger partial charge in [-0.05, 0) is 36.4 Å². The monoisotopic (exact) mass is 330 g/mol. The first-order valence-corrected chi connectivity index (χ1v) is 6.92. The van der Waals surface area contributed by atoms with Crippen molar-refractivity contribution in [3.8, 4) is 5.75 Å². The van der Waals surface area contributed by atoms with Crippen molar-refractivity contribution >= 4 is 29.0 Å². The Morgan fingerprint density at radius 2 is 2.04 bits per heavy atom. The van der Waals surface area contributed by atoms with Crippen LogP contribution in [-0.4, -0.2) is 28.4 Å². The molecule has 0 saturated heterocycles. The number of rotatable bonds is 4. The van der Waals surface area contributed by atoms with Gasteiger partial charge in [0.2, 0.25) is 0 Å². The molecule has 3 rings (SSSR count). The molecule has 1 heterocycles. The van der Waals surface area contributed by atoms with Crippen LogP contribution in [0, 0.1) is 11.6 Å². The van der Waals surface area contributed by atoms with Gasteiger partial charge in [0.15, 0.2) is 0 Å². The summed E-state index contributed by atoms with van der Waals surface area (Å²) in [5, 5.41) is 16.6. The number of fused-ring (bicyclic) bond motifs is 1. The number of aromatic amines is 1. The zero-order chi connectivity index (χ0) is 17.3. The van der Waals surface area contributed by atoms with Crippen molar-refractivity contribution in [2.45, 2.75) is 0 Å². The van der Waals surface area contributed by atoms with E-state index in [1.165, 1.54) is 31.4 Å². The van der Waals surface area contributed by atoms with Gasteiger partial charge in [-0.1, -0.05) is 0 Å². The molecule has 7 heteroatoms. The van der Waals surface area contributed by atoms with Crippen LogP contribution >= 0.6 is 0 Å². The molecule has 0 radical (unpaired) electrons. The number of hydrogen-bond donors (Lipinski definition) is 2. The number of ether oxygens (including phenoxy) is 1. The van der Waals surface area contributed by atoms with E-state index in [-0.39, 0.29) is 16.9 Å². The van der Waals surface area contributed by atoms with Gasteiger partial charge in [-0.15, -0.1) is 0 Å². The van der Waals surface area contributed by atoms with E-state index in [9.17, 15) is 18.7 Å². The molecule has 1 aromatic heterocycles. The lowest BCUT2D eigenvalue weighted by atomic mass is 10.1. The minimum atomic E-state index is -1.13. The number of methoxy groups -OCH3 is 1. The van der Waals surface area contributed by atoms with E-state index in [1.807, 2.05) is 0 Å². The summed E-state index contributed by atoms with van der Waals surface area (Å²) in [4.78, 5) is 11.3. The molecule has 0 amide bonds. The highest BCUT2D eigenvalue weighted by molar-refractivity contribution is 6.02. The Morgan fingerprint density at radius 1 is 1.25 bits per heavy atom. The van der Waals surface area contributed by atoms with E-state index < -0.39 is 17.6 Å². The predicted molar refractivity (Wildman–Crippen MR) is 84.9 cm³/mol. The lowest BCUT2D eigenvalue weighted by molar-refractivity contribution is 0.0693.